The fraction of sp³-hybridized carbons (Fsp3) is 0.722. The quantitative estimate of drug-likeness (QED) is 0.732. The zero-order valence-corrected chi connectivity index (χ0v) is 14.8. The van der Waals surface area contributed by atoms with E-state index in [-0.39, 0.29) is 12.1 Å². The third-order valence-corrected chi connectivity index (χ3v) is 3.88. The Balaban J connectivity index is 1.75. The van der Waals surface area contributed by atoms with Gasteiger partial charge in [0.2, 0.25) is 0 Å². The molecule has 1 atom stereocenters. The van der Waals surface area contributed by atoms with Gasteiger partial charge in [-0.3, -0.25) is 0 Å². The number of hydrogen-bond acceptors (Lipinski definition) is 4. The van der Waals surface area contributed by atoms with Crippen molar-refractivity contribution in [2.45, 2.75) is 71.1 Å². The normalized spacial score (nSPS) is 16.2. The van der Waals surface area contributed by atoms with Crippen molar-refractivity contribution in [3.05, 3.63) is 24.2 Å². The van der Waals surface area contributed by atoms with Crippen LogP contribution in [0.5, 0.6) is 0 Å². The topological polar surface area (TPSA) is 54.7 Å². The molecule has 0 bridgehead atoms. The van der Waals surface area contributed by atoms with Gasteiger partial charge in [0.05, 0.1) is 12.3 Å². The lowest BCUT2D eigenvalue weighted by molar-refractivity contribution is 0.0231. The highest BCUT2D eigenvalue weighted by atomic mass is 16.6. The molecule has 1 saturated carbocycles. The summed E-state index contributed by atoms with van der Waals surface area (Å²) in [6, 6.07) is 4.52. The molecule has 1 heterocycles. The maximum absolute atomic E-state index is 12.3. The van der Waals surface area contributed by atoms with Crippen LogP contribution in [0, 0.1) is 0 Å². The molecule has 5 nitrogen and oxygen atoms in total. The Bertz CT molecular complexity index is 475. The molecule has 0 spiro atoms. The van der Waals surface area contributed by atoms with Crippen LogP contribution in [0.2, 0.25) is 0 Å². The lowest BCUT2D eigenvalue weighted by Crippen LogP contribution is -2.39. The second-order valence-corrected chi connectivity index (χ2v) is 7.19. The van der Waals surface area contributed by atoms with Crippen molar-refractivity contribution in [1.29, 1.82) is 0 Å². The number of nitrogens with zero attached hydrogens (tertiary/aromatic N) is 1. The third kappa shape index (κ3) is 5.90. The Morgan fingerprint density at radius 1 is 1.48 bits per heavy atom. The average Bonchev–Trinajstić information content (AvgIpc) is 3.15. The van der Waals surface area contributed by atoms with Crippen LogP contribution < -0.4 is 5.32 Å². The highest BCUT2D eigenvalue weighted by Gasteiger charge is 2.34. The summed E-state index contributed by atoms with van der Waals surface area (Å²) in [6.45, 7) is 9.45. The molecule has 1 aliphatic rings. The van der Waals surface area contributed by atoms with Gasteiger partial charge in [0.25, 0.3) is 0 Å². The summed E-state index contributed by atoms with van der Waals surface area (Å²) in [7, 11) is 0. The van der Waals surface area contributed by atoms with Gasteiger partial charge in [-0.25, -0.2) is 4.79 Å². The van der Waals surface area contributed by atoms with Gasteiger partial charge in [-0.2, -0.15) is 0 Å². The number of rotatable bonds is 8. The van der Waals surface area contributed by atoms with Crippen LogP contribution in [0.4, 0.5) is 4.79 Å². The summed E-state index contributed by atoms with van der Waals surface area (Å²) in [4.78, 5) is 14.2. The lowest BCUT2D eigenvalue weighted by atomic mass is 10.1. The zero-order chi connectivity index (χ0) is 16.9. The Labute approximate surface area is 139 Å². The first-order valence-electron chi connectivity index (χ1n) is 8.67. The van der Waals surface area contributed by atoms with Gasteiger partial charge in [-0.15, -0.1) is 0 Å². The number of carbonyl (C=O) groups is 1. The minimum absolute atomic E-state index is 0.182. The predicted octanol–water partition coefficient (Wildman–Crippen LogP) is 4.11. The maximum Gasteiger partial charge on any atom is 0.410 e. The molecule has 1 amide bonds. The van der Waals surface area contributed by atoms with E-state index < -0.39 is 5.60 Å². The number of furan rings is 1. The number of hydrogen-bond donors (Lipinski definition) is 1. The molecular formula is C18H30N2O3. The molecule has 0 aromatic carbocycles. The summed E-state index contributed by atoms with van der Waals surface area (Å²) < 4.78 is 11.0. The minimum Gasteiger partial charge on any atom is -0.468 e. The second-order valence-electron chi connectivity index (χ2n) is 7.19. The maximum atomic E-state index is 12.3. The minimum atomic E-state index is -0.435. The summed E-state index contributed by atoms with van der Waals surface area (Å²) >= 11 is 0. The van der Waals surface area contributed by atoms with Crippen LogP contribution in [-0.2, 0) is 4.74 Å². The first-order chi connectivity index (χ1) is 10.9. The van der Waals surface area contributed by atoms with Gasteiger partial charge in [0.1, 0.15) is 11.4 Å². The van der Waals surface area contributed by atoms with E-state index in [1.165, 1.54) is 0 Å². The van der Waals surface area contributed by atoms with Crippen LogP contribution in [0.3, 0.4) is 0 Å². The molecule has 1 aromatic rings. The SMILES string of the molecule is CCC(NCCCN(C(=O)OC(C)(C)C)C1CC1)c1ccco1. The second kappa shape index (κ2) is 7.86. The average molecular weight is 322 g/mol. The Morgan fingerprint density at radius 2 is 2.22 bits per heavy atom. The summed E-state index contributed by atoms with van der Waals surface area (Å²) in [6.07, 6.45) is 5.60. The first kappa shape index (κ1) is 17.9. The van der Waals surface area contributed by atoms with Crippen LogP contribution in [-0.4, -0.2) is 35.7 Å². The van der Waals surface area contributed by atoms with E-state index in [9.17, 15) is 4.79 Å². The Hall–Kier alpha value is -1.49. The van der Waals surface area contributed by atoms with E-state index in [2.05, 4.69) is 12.2 Å². The van der Waals surface area contributed by atoms with Crippen molar-refractivity contribution in [3.8, 4) is 0 Å². The number of amides is 1. The molecular weight excluding hydrogens is 292 g/mol. The lowest BCUT2D eigenvalue weighted by Gasteiger charge is -2.27. The van der Waals surface area contributed by atoms with Crippen LogP contribution in [0.25, 0.3) is 0 Å². The molecule has 130 valence electrons. The van der Waals surface area contributed by atoms with Gasteiger partial charge in [0, 0.05) is 12.6 Å². The standard InChI is InChI=1S/C18H30N2O3/c1-5-15(16-8-6-13-22-16)19-11-7-12-20(14-9-10-14)17(21)23-18(2,3)4/h6,8,13-15,19H,5,7,9-12H2,1-4H3. The molecule has 23 heavy (non-hydrogen) atoms. The molecule has 1 aromatic heterocycles. The molecule has 0 aliphatic heterocycles. The highest BCUT2D eigenvalue weighted by Crippen LogP contribution is 2.28. The van der Waals surface area contributed by atoms with E-state index in [0.717, 1.165) is 44.5 Å². The molecule has 1 unspecified atom stereocenters. The molecule has 5 heteroatoms. The summed E-state index contributed by atoms with van der Waals surface area (Å²) in [5, 5.41) is 3.50. The van der Waals surface area contributed by atoms with Gasteiger partial charge in [-0.05, 0) is 65.1 Å². The van der Waals surface area contributed by atoms with Crippen molar-refractivity contribution in [2.24, 2.45) is 0 Å². The first-order valence-corrected chi connectivity index (χ1v) is 8.67. The van der Waals surface area contributed by atoms with Gasteiger partial charge in [-0.1, -0.05) is 6.92 Å². The molecule has 0 saturated heterocycles. The van der Waals surface area contributed by atoms with Crippen LogP contribution in [0.1, 0.15) is 65.2 Å². The van der Waals surface area contributed by atoms with E-state index in [1.54, 1.807) is 6.26 Å². The van der Waals surface area contributed by atoms with E-state index in [4.69, 9.17) is 9.15 Å². The van der Waals surface area contributed by atoms with Crippen molar-refractivity contribution in [2.75, 3.05) is 13.1 Å². The van der Waals surface area contributed by atoms with Crippen LogP contribution in [0.15, 0.2) is 22.8 Å². The predicted molar refractivity (Wildman–Crippen MR) is 90.3 cm³/mol. The fourth-order valence-corrected chi connectivity index (χ4v) is 2.59. The third-order valence-electron chi connectivity index (χ3n) is 3.88. The van der Waals surface area contributed by atoms with E-state index in [1.807, 2.05) is 37.8 Å². The Kier molecular flexibility index (Phi) is 6.10. The largest absolute Gasteiger partial charge is 0.468 e. The molecule has 1 fully saturated rings. The van der Waals surface area contributed by atoms with Crippen molar-refractivity contribution in [3.63, 3.8) is 0 Å². The van der Waals surface area contributed by atoms with Gasteiger partial charge in [0.15, 0.2) is 0 Å². The van der Waals surface area contributed by atoms with Gasteiger partial charge >= 0.3 is 6.09 Å². The fourth-order valence-electron chi connectivity index (χ4n) is 2.59. The zero-order valence-electron chi connectivity index (χ0n) is 14.8. The van der Waals surface area contributed by atoms with Crippen molar-refractivity contribution in [1.82, 2.24) is 10.2 Å². The number of ether oxygens (including phenoxy) is 1. The Morgan fingerprint density at radius 3 is 2.74 bits per heavy atom. The van der Waals surface area contributed by atoms with Crippen molar-refractivity contribution >= 4 is 6.09 Å². The molecule has 1 N–H and O–H groups in total. The molecule has 2 rings (SSSR count). The number of nitrogens with one attached hydrogen (secondary N) is 1. The smallest absolute Gasteiger partial charge is 0.410 e. The highest BCUT2D eigenvalue weighted by molar-refractivity contribution is 5.69. The van der Waals surface area contributed by atoms with Gasteiger partial charge < -0.3 is 19.4 Å². The van der Waals surface area contributed by atoms with Crippen LogP contribution >= 0.6 is 0 Å². The number of carbonyl (C=O) groups excluding carboxylic acids is 1. The summed E-state index contributed by atoms with van der Waals surface area (Å²) in [5.74, 6) is 0.971. The van der Waals surface area contributed by atoms with E-state index in [0.29, 0.717) is 6.04 Å². The summed E-state index contributed by atoms with van der Waals surface area (Å²) in [5.41, 5.74) is -0.435. The molecule has 0 radical (unpaired) electrons. The van der Waals surface area contributed by atoms with Crippen molar-refractivity contribution < 1.29 is 13.9 Å². The monoisotopic (exact) mass is 322 g/mol. The molecule has 1 aliphatic carbocycles. The van der Waals surface area contributed by atoms with E-state index >= 15 is 0 Å².